The van der Waals surface area contributed by atoms with Gasteiger partial charge in [0.2, 0.25) is 0 Å². The lowest BCUT2D eigenvalue weighted by Crippen LogP contribution is -2.26. The molecule has 0 bridgehead atoms. The lowest BCUT2D eigenvalue weighted by atomic mass is 9.79. The van der Waals surface area contributed by atoms with Crippen molar-refractivity contribution in [3.63, 3.8) is 0 Å². The summed E-state index contributed by atoms with van der Waals surface area (Å²) in [5.74, 6) is -2.21. The number of carboxylic acid groups (broad SMARTS) is 1. The molecule has 2 rings (SSSR count). The molecule has 0 aromatic heterocycles. The molecule has 0 aliphatic carbocycles. The zero-order chi connectivity index (χ0) is 14.2. The van der Waals surface area contributed by atoms with Crippen molar-refractivity contribution < 1.29 is 23.4 Å². The van der Waals surface area contributed by atoms with Gasteiger partial charge in [0.05, 0.1) is 13.0 Å². The Hall–Kier alpha value is -1.65. The van der Waals surface area contributed by atoms with Crippen LogP contribution in [0.5, 0.6) is 5.75 Å². The number of ether oxygens (including phenoxy) is 1. The zero-order valence-electron chi connectivity index (χ0n) is 10.9. The number of halogens is 2. The van der Waals surface area contributed by atoms with Crippen LogP contribution in [0.3, 0.4) is 0 Å². The SMILES string of the molecule is CC(C)(CC(=O)O)c1c(F)cc(F)c2c1OCCC2. The normalized spacial score (nSPS) is 14.7. The predicted molar refractivity (Wildman–Crippen MR) is 65.5 cm³/mol. The van der Waals surface area contributed by atoms with E-state index in [4.69, 9.17) is 9.84 Å². The molecule has 0 radical (unpaired) electrons. The van der Waals surface area contributed by atoms with Gasteiger partial charge in [0, 0.05) is 22.6 Å². The van der Waals surface area contributed by atoms with Crippen LogP contribution in [-0.2, 0) is 16.6 Å². The number of carbonyl (C=O) groups is 1. The van der Waals surface area contributed by atoms with Crippen molar-refractivity contribution in [3.8, 4) is 5.75 Å². The summed E-state index contributed by atoms with van der Waals surface area (Å²) in [6.07, 6.45) is 0.914. The van der Waals surface area contributed by atoms with Crippen molar-refractivity contribution in [1.82, 2.24) is 0 Å². The van der Waals surface area contributed by atoms with Crippen LogP contribution in [0.15, 0.2) is 6.07 Å². The maximum atomic E-state index is 14.1. The van der Waals surface area contributed by atoms with Crippen LogP contribution in [0, 0.1) is 11.6 Å². The summed E-state index contributed by atoms with van der Waals surface area (Å²) >= 11 is 0. The van der Waals surface area contributed by atoms with Crippen LogP contribution in [0.4, 0.5) is 8.78 Å². The summed E-state index contributed by atoms with van der Waals surface area (Å²) in [6.45, 7) is 3.64. The van der Waals surface area contributed by atoms with Gasteiger partial charge in [-0.05, 0) is 12.8 Å². The Balaban J connectivity index is 2.59. The van der Waals surface area contributed by atoms with Crippen LogP contribution in [-0.4, -0.2) is 17.7 Å². The number of hydrogen-bond donors (Lipinski definition) is 1. The van der Waals surface area contributed by atoms with Crippen LogP contribution >= 0.6 is 0 Å². The van der Waals surface area contributed by atoms with Gasteiger partial charge < -0.3 is 9.84 Å². The van der Waals surface area contributed by atoms with E-state index >= 15 is 0 Å². The average molecular weight is 270 g/mol. The van der Waals surface area contributed by atoms with Gasteiger partial charge in [0.25, 0.3) is 0 Å². The molecular weight excluding hydrogens is 254 g/mol. The summed E-state index contributed by atoms with van der Waals surface area (Å²) in [6, 6.07) is 0.826. The number of carboxylic acids is 1. The number of fused-ring (bicyclic) bond motifs is 1. The Morgan fingerprint density at radius 3 is 2.74 bits per heavy atom. The standard InChI is InChI=1S/C14H16F2O3/c1-14(2,7-11(17)18)12-10(16)6-9(15)8-4-3-5-19-13(8)12/h6H,3-5,7H2,1-2H3,(H,17,18). The number of aliphatic carboxylic acids is 1. The second-order valence-electron chi connectivity index (χ2n) is 5.43. The Kier molecular flexibility index (Phi) is 3.47. The number of rotatable bonds is 3. The molecule has 0 unspecified atom stereocenters. The van der Waals surface area contributed by atoms with E-state index in [1.54, 1.807) is 13.8 Å². The Morgan fingerprint density at radius 1 is 1.42 bits per heavy atom. The van der Waals surface area contributed by atoms with E-state index in [9.17, 15) is 13.6 Å². The molecule has 5 heteroatoms. The Bertz CT molecular complexity index is 524. The molecule has 0 saturated heterocycles. The second kappa shape index (κ2) is 4.79. The maximum absolute atomic E-state index is 14.1. The highest BCUT2D eigenvalue weighted by Gasteiger charge is 2.34. The molecule has 1 aromatic carbocycles. The third-order valence-electron chi connectivity index (χ3n) is 3.37. The van der Waals surface area contributed by atoms with Crippen molar-refractivity contribution >= 4 is 5.97 Å². The number of hydrogen-bond acceptors (Lipinski definition) is 2. The van der Waals surface area contributed by atoms with E-state index in [0.717, 1.165) is 6.07 Å². The van der Waals surface area contributed by atoms with Crippen molar-refractivity contribution in [2.75, 3.05) is 6.61 Å². The van der Waals surface area contributed by atoms with E-state index in [1.807, 2.05) is 0 Å². The highest BCUT2D eigenvalue weighted by atomic mass is 19.1. The van der Waals surface area contributed by atoms with Crippen molar-refractivity contribution in [3.05, 3.63) is 28.8 Å². The van der Waals surface area contributed by atoms with Gasteiger partial charge in [-0.25, -0.2) is 8.78 Å². The fourth-order valence-electron chi connectivity index (χ4n) is 2.55. The fourth-order valence-corrected chi connectivity index (χ4v) is 2.55. The second-order valence-corrected chi connectivity index (χ2v) is 5.43. The van der Waals surface area contributed by atoms with Gasteiger partial charge in [-0.15, -0.1) is 0 Å². The molecule has 1 aliphatic rings. The zero-order valence-corrected chi connectivity index (χ0v) is 10.9. The van der Waals surface area contributed by atoms with Gasteiger partial charge >= 0.3 is 5.97 Å². The minimum absolute atomic E-state index is 0.158. The third kappa shape index (κ3) is 2.55. The third-order valence-corrected chi connectivity index (χ3v) is 3.37. The first kappa shape index (κ1) is 13.8. The first-order valence-electron chi connectivity index (χ1n) is 6.19. The molecule has 1 heterocycles. The summed E-state index contributed by atoms with van der Waals surface area (Å²) in [7, 11) is 0. The fraction of sp³-hybridized carbons (Fsp3) is 0.500. The lowest BCUT2D eigenvalue weighted by molar-refractivity contribution is -0.138. The average Bonchev–Trinajstić information content (AvgIpc) is 2.26. The monoisotopic (exact) mass is 270 g/mol. The molecule has 104 valence electrons. The van der Waals surface area contributed by atoms with Gasteiger partial charge in [-0.3, -0.25) is 4.79 Å². The summed E-state index contributed by atoms with van der Waals surface area (Å²) in [5, 5.41) is 8.92. The molecule has 1 N–H and O–H groups in total. The van der Waals surface area contributed by atoms with Crippen molar-refractivity contribution in [2.24, 2.45) is 0 Å². The highest BCUT2D eigenvalue weighted by Crippen LogP contribution is 2.41. The first-order chi connectivity index (χ1) is 8.83. The summed E-state index contributed by atoms with van der Waals surface area (Å²) in [5.41, 5.74) is -0.447. The van der Waals surface area contributed by atoms with E-state index < -0.39 is 23.0 Å². The minimum Gasteiger partial charge on any atom is -0.493 e. The Morgan fingerprint density at radius 2 is 2.11 bits per heavy atom. The van der Waals surface area contributed by atoms with Gasteiger partial charge in [-0.2, -0.15) is 0 Å². The van der Waals surface area contributed by atoms with Crippen molar-refractivity contribution in [1.29, 1.82) is 0 Å². The van der Waals surface area contributed by atoms with Gasteiger partial charge in [0.1, 0.15) is 17.4 Å². The Labute approximate surface area is 110 Å². The molecule has 0 atom stereocenters. The van der Waals surface area contributed by atoms with Gasteiger partial charge in [-0.1, -0.05) is 13.8 Å². The van der Waals surface area contributed by atoms with Crippen LogP contribution in [0.1, 0.15) is 37.8 Å². The molecule has 0 spiro atoms. The first-order valence-corrected chi connectivity index (χ1v) is 6.19. The summed E-state index contributed by atoms with van der Waals surface area (Å²) < 4.78 is 33.2. The quantitative estimate of drug-likeness (QED) is 0.918. The van der Waals surface area contributed by atoms with Crippen LogP contribution in [0.2, 0.25) is 0 Å². The molecule has 1 aromatic rings. The van der Waals surface area contributed by atoms with Crippen LogP contribution in [0.25, 0.3) is 0 Å². The van der Waals surface area contributed by atoms with E-state index in [0.29, 0.717) is 25.0 Å². The molecule has 0 saturated carbocycles. The van der Waals surface area contributed by atoms with E-state index in [1.165, 1.54) is 0 Å². The lowest BCUT2D eigenvalue weighted by Gasteiger charge is -2.30. The van der Waals surface area contributed by atoms with Gasteiger partial charge in [0.15, 0.2) is 0 Å². The van der Waals surface area contributed by atoms with E-state index in [2.05, 4.69) is 0 Å². The molecule has 3 nitrogen and oxygen atoms in total. The molecule has 19 heavy (non-hydrogen) atoms. The molecule has 0 amide bonds. The smallest absolute Gasteiger partial charge is 0.304 e. The molecular formula is C14H16F2O3. The van der Waals surface area contributed by atoms with E-state index in [-0.39, 0.29) is 17.7 Å². The molecule has 0 fully saturated rings. The van der Waals surface area contributed by atoms with Crippen LogP contribution < -0.4 is 4.74 Å². The topological polar surface area (TPSA) is 46.5 Å². The highest BCUT2D eigenvalue weighted by molar-refractivity contribution is 5.69. The largest absolute Gasteiger partial charge is 0.493 e. The predicted octanol–water partition coefficient (Wildman–Crippen LogP) is 3.04. The number of benzene rings is 1. The summed E-state index contributed by atoms with van der Waals surface area (Å²) in [4.78, 5) is 10.9. The van der Waals surface area contributed by atoms with Crippen molar-refractivity contribution in [2.45, 2.75) is 38.5 Å². The molecule has 1 aliphatic heterocycles. The minimum atomic E-state index is -1.03. The maximum Gasteiger partial charge on any atom is 0.304 e.